The second-order valence-electron chi connectivity index (χ2n) is 4.82. The van der Waals surface area contributed by atoms with Crippen molar-refractivity contribution in [2.24, 2.45) is 17.8 Å². The van der Waals surface area contributed by atoms with Crippen LogP contribution in [0.25, 0.3) is 0 Å². The first-order valence-electron chi connectivity index (χ1n) is 6.36. The average Bonchev–Trinajstić information content (AvgIpc) is 3.08. The second-order valence-corrected chi connectivity index (χ2v) is 5.26. The van der Waals surface area contributed by atoms with Gasteiger partial charge in [0.25, 0.3) is 0 Å². The number of benzene rings is 1. The van der Waals surface area contributed by atoms with Gasteiger partial charge in [-0.05, 0) is 25.1 Å². The molecule has 1 saturated heterocycles. The van der Waals surface area contributed by atoms with Crippen molar-refractivity contribution in [2.45, 2.75) is 6.92 Å². The van der Waals surface area contributed by atoms with Crippen LogP contribution in [0.2, 0.25) is 5.02 Å². The number of piperidine rings is 1. The fraction of sp³-hybridized carbons (Fsp3) is 0.357. The lowest BCUT2D eigenvalue weighted by atomic mass is 10.2. The Hall–Kier alpha value is -1.88. The highest BCUT2D eigenvalue weighted by Gasteiger charge is 2.71. The van der Waals surface area contributed by atoms with Gasteiger partial charge in [-0.1, -0.05) is 17.7 Å². The molecular weight excluding hydrogens is 282 g/mol. The number of anilines is 1. The van der Waals surface area contributed by atoms with E-state index in [0.717, 1.165) is 4.90 Å². The zero-order chi connectivity index (χ0) is 14.4. The largest absolute Gasteiger partial charge is 0.466 e. The monoisotopic (exact) mass is 293 g/mol. The number of halogens is 1. The maximum absolute atomic E-state index is 12.2. The lowest BCUT2D eigenvalue weighted by molar-refractivity contribution is -0.147. The Balaban J connectivity index is 1.82. The summed E-state index contributed by atoms with van der Waals surface area (Å²) < 4.78 is 4.88. The van der Waals surface area contributed by atoms with Gasteiger partial charge in [0.05, 0.1) is 30.0 Å². The van der Waals surface area contributed by atoms with Crippen LogP contribution in [0, 0.1) is 17.8 Å². The molecule has 1 heterocycles. The van der Waals surface area contributed by atoms with Gasteiger partial charge in [0.15, 0.2) is 0 Å². The molecule has 0 spiro atoms. The van der Waals surface area contributed by atoms with Gasteiger partial charge in [-0.2, -0.15) is 0 Å². The molecule has 20 heavy (non-hydrogen) atoms. The average molecular weight is 294 g/mol. The van der Waals surface area contributed by atoms with E-state index in [9.17, 15) is 14.4 Å². The zero-order valence-electron chi connectivity index (χ0n) is 10.7. The van der Waals surface area contributed by atoms with Gasteiger partial charge in [-0.3, -0.25) is 14.4 Å². The van der Waals surface area contributed by atoms with E-state index < -0.39 is 23.7 Å². The van der Waals surface area contributed by atoms with Crippen LogP contribution >= 0.6 is 11.6 Å². The van der Waals surface area contributed by atoms with E-state index in [1.54, 1.807) is 31.2 Å². The van der Waals surface area contributed by atoms with Gasteiger partial charge in [0.2, 0.25) is 11.8 Å². The molecule has 0 unspecified atom stereocenters. The molecule has 1 aliphatic carbocycles. The van der Waals surface area contributed by atoms with Gasteiger partial charge in [0, 0.05) is 5.02 Å². The summed E-state index contributed by atoms with van der Waals surface area (Å²) in [6.07, 6.45) is 0. The summed E-state index contributed by atoms with van der Waals surface area (Å²) in [5.41, 5.74) is 0.447. The molecule has 2 fully saturated rings. The predicted octanol–water partition coefficient (Wildman–Crippen LogP) is 1.64. The Kier molecular flexibility index (Phi) is 3.01. The highest BCUT2D eigenvalue weighted by molar-refractivity contribution is 6.32. The molecule has 1 aromatic carbocycles. The maximum Gasteiger partial charge on any atom is 0.310 e. The molecule has 2 aliphatic rings. The Labute approximate surface area is 120 Å². The predicted molar refractivity (Wildman–Crippen MR) is 71.0 cm³/mol. The lowest BCUT2D eigenvalue weighted by Gasteiger charge is -2.18. The normalized spacial score (nSPS) is 27.5. The Morgan fingerprint density at radius 2 is 1.95 bits per heavy atom. The number of imide groups is 1. The van der Waals surface area contributed by atoms with Crippen molar-refractivity contribution < 1.29 is 19.1 Å². The molecule has 1 aliphatic heterocycles. The summed E-state index contributed by atoms with van der Waals surface area (Å²) in [6, 6.07) is 6.54. The molecule has 0 bridgehead atoms. The number of carbonyl (C=O) groups is 3. The van der Waals surface area contributed by atoms with Crippen molar-refractivity contribution in [3.8, 4) is 0 Å². The van der Waals surface area contributed by atoms with Crippen molar-refractivity contribution in [2.75, 3.05) is 11.5 Å². The van der Waals surface area contributed by atoms with E-state index in [4.69, 9.17) is 16.3 Å². The molecule has 1 saturated carbocycles. The van der Waals surface area contributed by atoms with Crippen LogP contribution in [-0.4, -0.2) is 24.4 Å². The molecule has 104 valence electrons. The number of hydrogen-bond donors (Lipinski definition) is 0. The molecule has 5 nitrogen and oxygen atoms in total. The van der Waals surface area contributed by atoms with Crippen LogP contribution in [-0.2, 0) is 19.1 Å². The van der Waals surface area contributed by atoms with Gasteiger partial charge < -0.3 is 4.74 Å². The zero-order valence-corrected chi connectivity index (χ0v) is 11.5. The fourth-order valence-electron chi connectivity index (χ4n) is 2.73. The summed E-state index contributed by atoms with van der Waals surface area (Å²) in [6.45, 7) is 1.94. The molecule has 0 N–H and O–H groups in total. The molecule has 0 radical (unpaired) electrons. The van der Waals surface area contributed by atoms with Gasteiger partial charge in [0.1, 0.15) is 0 Å². The number of rotatable bonds is 3. The first-order valence-corrected chi connectivity index (χ1v) is 6.74. The quantitative estimate of drug-likeness (QED) is 0.628. The number of carbonyl (C=O) groups excluding carboxylic acids is 3. The molecule has 3 rings (SSSR count). The minimum atomic E-state index is -0.606. The van der Waals surface area contributed by atoms with E-state index in [0.29, 0.717) is 10.7 Å². The summed E-state index contributed by atoms with van der Waals surface area (Å²) in [5, 5.41) is 0.450. The summed E-state index contributed by atoms with van der Waals surface area (Å²) in [4.78, 5) is 37.2. The molecule has 1 aromatic rings. The van der Waals surface area contributed by atoms with E-state index in [2.05, 4.69) is 0 Å². The maximum atomic E-state index is 12.2. The van der Waals surface area contributed by atoms with E-state index >= 15 is 0 Å². The third-order valence-corrected chi connectivity index (χ3v) is 3.89. The van der Waals surface area contributed by atoms with Crippen LogP contribution in [0.3, 0.4) is 0 Å². The van der Waals surface area contributed by atoms with Crippen LogP contribution in [0.15, 0.2) is 24.3 Å². The van der Waals surface area contributed by atoms with Crippen LogP contribution < -0.4 is 4.90 Å². The smallest absolute Gasteiger partial charge is 0.310 e. The van der Waals surface area contributed by atoms with Crippen molar-refractivity contribution in [1.29, 1.82) is 0 Å². The first-order chi connectivity index (χ1) is 9.56. The number of nitrogens with zero attached hydrogens (tertiary/aromatic N) is 1. The van der Waals surface area contributed by atoms with Crippen molar-refractivity contribution in [3.05, 3.63) is 29.3 Å². The topological polar surface area (TPSA) is 63.7 Å². The van der Waals surface area contributed by atoms with Gasteiger partial charge >= 0.3 is 5.97 Å². The number of fused-ring (bicyclic) bond motifs is 1. The minimum Gasteiger partial charge on any atom is -0.466 e. The van der Waals surface area contributed by atoms with Crippen LogP contribution in [0.4, 0.5) is 5.69 Å². The van der Waals surface area contributed by atoms with Crippen LogP contribution in [0.1, 0.15) is 6.92 Å². The third-order valence-electron chi connectivity index (χ3n) is 3.66. The molecule has 2 atom stereocenters. The van der Waals surface area contributed by atoms with Crippen molar-refractivity contribution in [1.82, 2.24) is 0 Å². The molecule has 6 heteroatoms. The number of hydrogen-bond acceptors (Lipinski definition) is 4. The Bertz CT molecular complexity index is 593. The number of esters is 1. The Morgan fingerprint density at radius 3 is 2.50 bits per heavy atom. The summed E-state index contributed by atoms with van der Waals surface area (Å²) >= 11 is 5.86. The van der Waals surface area contributed by atoms with E-state index in [1.807, 2.05) is 0 Å². The molecule has 2 amide bonds. The molecule has 0 aromatic heterocycles. The van der Waals surface area contributed by atoms with Crippen molar-refractivity contribution >= 4 is 35.1 Å². The highest BCUT2D eigenvalue weighted by Crippen LogP contribution is 2.54. The Morgan fingerprint density at radius 1 is 1.30 bits per heavy atom. The minimum absolute atomic E-state index is 0.245. The standard InChI is InChI=1S/C14H12ClNO4/c1-2-20-14(19)11-9-10(11)13(18)16(12(9)17)8-5-3-4-7(15)6-8/h3-6,9-11H,2H2,1H3/t9-,10-/m1/s1. The second kappa shape index (κ2) is 4.59. The van der Waals surface area contributed by atoms with E-state index in [1.165, 1.54) is 0 Å². The van der Waals surface area contributed by atoms with Gasteiger partial charge in [-0.15, -0.1) is 0 Å². The third kappa shape index (κ3) is 1.81. The summed E-state index contributed by atoms with van der Waals surface area (Å²) in [7, 11) is 0. The number of ether oxygens (including phenoxy) is 1. The summed E-state index contributed by atoms with van der Waals surface area (Å²) in [5.74, 6) is -2.90. The first kappa shape index (κ1) is 13.1. The molecular formula is C14H12ClNO4. The lowest BCUT2D eigenvalue weighted by Crippen LogP contribution is -2.36. The highest BCUT2D eigenvalue weighted by atomic mass is 35.5. The van der Waals surface area contributed by atoms with Crippen LogP contribution in [0.5, 0.6) is 0 Å². The van der Waals surface area contributed by atoms with Gasteiger partial charge in [-0.25, -0.2) is 4.90 Å². The fourth-order valence-corrected chi connectivity index (χ4v) is 2.92. The number of amides is 2. The van der Waals surface area contributed by atoms with Crippen molar-refractivity contribution in [3.63, 3.8) is 0 Å². The van der Waals surface area contributed by atoms with E-state index in [-0.39, 0.29) is 18.4 Å². The SMILES string of the molecule is CCOC(=O)C1[C@@H]2C(=O)N(c3cccc(Cl)c3)C(=O)[C@@H]12.